The van der Waals surface area contributed by atoms with Crippen molar-refractivity contribution in [2.45, 2.75) is 38.5 Å². The van der Waals surface area contributed by atoms with Crippen LogP contribution >= 0.6 is 0 Å². The van der Waals surface area contributed by atoms with Crippen LogP contribution in [0.25, 0.3) is 0 Å². The lowest BCUT2D eigenvalue weighted by Crippen LogP contribution is -2.54. The van der Waals surface area contributed by atoms with Crippen LogP contribution in [-0.2, 0) is 29.2 Å². The maximum atomic E-state index is 13.2. The van der Waals surface area contributed by atoms with Crippen molar-refractivity contribution in [3.05, 3.63) is 70.3 Å². The second-order valence-electron chi connectivity index (χ2n) is 7.70. The van der Waals surface area contributed by atoms with Crippen molar-refractivity contribution in [1.82, 2.24) is 15.1 Å². The Kier molecular flexibility index (Phi) is 4.06. The van der Waals surface area contributed by atoms with Crippen molar-refractivity contribution in [3.8, 4) is 0 Å². The topological polar surface area (TPSA) is 86.8 Å². The van der Waals surface area contributed by atoms with Crippen LogP contribution in [0.15, 0.2) is 42.5 Å². The first-order valence-corrected chi connectivity index (χ1v) is 9.65. The van der Waals surface area contributed by atoms with E-state index in [9.17, 15) is 19.2 Å². The highest BCUT2D eigenvalue weighted by Gasteiger charge is 2.46. The number of hydrogen-bond acceptors (Lipinski definition) is 5. The number of carbonyl (C=O) groups excluding carboxylic acids is 4. The van der Waals surface area contributed by atoms with Gasteiger partial charge < -0.3 is 0 Å². The van der Waals surface area contributed by atoms with E-state index in [-0.39, 0.29) is 18.7 Å². The summed E-state index contributed by atoms with van der Waals surface area (Å²) in [7, 11) is 0. The molecule has 1 N–H and O–H groups in total. The molecular formula is C22H19N3O4. The third-order valence-corrected chi connectivity index (χ3v) is 5.84. The van der Waals surface area contributed by atoms with Crippen LogP contribution in [0, 0.1) is 0 Å². The maximum Gasteiger partial charge on any atom is 0.262 e. The molecular weight excluding hydrogens is 370 g/mol. The van der Waals surface area contributed by atoms with Gasteiger partial charge in [0.2, 0.25) is 11.8 Å². The number of fused-ring (bicyclic) bond motifs is 3. The number of rotatable bonds is 3. The number of hydrogen-bond donors (Lipinski definition) is 1. The van der Waals surface area contributed by atoms with Gasteiger partial charge in [-0.1, -0.05) is 36.4 Å². The standard InChI is InChI=1S/C22H19N3O4/c26-18-9-8-17(20(27)23-18)25-21(28)15-7-6-14-11-24(10-13-4-2-1-3-5-13)12-16(14)19(15)22(25)29/h1-7,17H,8-12H2,(H,23,26,27). The van der Waals surface area contributed by atoms with Gasteiger partial charge in [-0.15, -0.1) is 0 Å². The Hall–Kier alpha value is -3.32. The average Bonchev–Trinajstić information content (AvgIpc) is 3.21. The number of carbonyl (C=O) groups is 4. The molecule has 0 saturated carbocycles. The molecule has 29 heavy (non-hydrogen) atoms. The third kappa shape index (κ3) is 2.86. The van der Waals surface area contributed by atoms with Crippen molar-refractivity contribution in [1.29, 1.82) is 0 Å². The first-order chi connectivity index (χ1) is 14.0. The van der Waals surface area contributed by atoms with Crippen LogP contribution in [0.5, 0.6) is 0 Å². The molecule has 7 heteroatoms. The van der Waals surface area contributed by atoms with Gasteiger partial charge in [-0.25, -0.2) is 0 Å². The van der Waals surface area contributed by atoms with Crippen LogP contribution < -0.4 is 5.32 Å². The zero-order valence-corrected chi connectivity index (χ0v) is 15.7. The van der Waals surface area contributed by atoms with Crippen LogP contribution in [0.1, 0.15) is 50.2 Å². The summed E-state index contributed by atoms with van der Waals surface area (Å²) in [6, 6.07) is 12.7. The number of benzene rings is 2. The molecule has 4 amide bonds. The smallest absolute Gasteiger partial charge is 0.262 e. The molecule has 0 bridgehead atoms. The Morgan fingerprint density at radius 1 is 0.931 bits per heavy atom. The fourth-order valence-corrected chi connectivity index (χ4v) is 4.47. The fraction of sp³-hybridized carbons (Fsp3) is 0.273. The summed E-state index contributed by atoms with van der Waals surface area (Å²) in [5, 5.41) is 2.23. The van der Waals surface area contributed by atoms with E-state index < -0.39 is 23.8 Å². The third-order valence-electron chi connectivity index (χ3n) is 5.84. The van der Waals surface area contributed by atoms with E-state index in [2.05, 4.69) is 22.3 Å². The Bertz CT molecular complexity index is 1060. The van der Waals surface area contributed by atoms with Gasteiger partial charge >= 0.3 is 0 Å². The van der Waals surface area contributed by atoms with Crippen LogP contribution in [-0.4, -0.2) is 39.5 Å². The number of nitrogens with one attached hydrogen (secondary N) is 1. The summed E-state index contributed by atoms with van der Waals surface area (Å²) in [6.45, 7) is 2.04. The minimum absolute atomic E-state index is 0.118. The first kappa shape index (κ1) is 17.8. The molecule has 0 radical (unpaired) electrons. The first-order valence-electron chi connectivity index (χ1n) is 9.65. The molecule has 3 heterocycles. The van der Waals surface area contributed by atoms with Gasteiger partial charge in [0.25, 0.3) is 11.8 Å². The van der Waals surface area contributed by atoms with Crippen LogP contribution in [0.3, 0.4) is 0 Å². The zero-order valence-electron chi connectivity index (χ0n) is 15.7. The molecule has 1 fully saturated rings. The largest absolute Gasteiger partial charge is 0.295 e. The van der Waals surface area contributed by atoms with Crippen molar-refractivity contribution in [3.63, 3.8) is 0 Å². The second kappa shape index (κ2) is 6.63. The van der Waals surface area contributed by atoms with Crippen molar-refractivity contribution in [2.75, 3.05) is 0 Å². The number of piperidine rings is 1. The molecule has 0 aliphatic carbocycles. The predicted molar refractivity (Wildman–Crippen MR) is 103 cm³/mol. The van der Waals surface area contributed by atoms with E-state index in [4.69, 9.17) is 0 Å². The van der Waals surface area contributed by atoms with Gasteiger partial charge in [0.1, 0.15) is 6.04 Å². The molecule has 3 aliphatic heterocycles. The van der Waals surface area contributed by atoms with E-state index in [1.807, 2.05) is 24.3 Å². The minimum atomic E-state index is -0.933. The Morgan fingerprint density at radius 3 is 2.48 bits per heavy atom. The summed E-state index contributed by atoms with van der Waals surface area (Å²) in [5.74, 6) is -1.85. The summed E-state index contributed by atoms with van der Waals surface area (Å²) in [6.07, 6.45) is 0.283. The van der Waals surface area contributed by atoms with Gasteiger partial charge in [0.05, 0.1) is 11.1 Å². The quantitative estimate of drug-likeness (QED) is 0.806. The van der Waals surface area contributed by atoms with Gasteiger partial charge in [0, 0.05) is 26.1 Å². The Labute approximate surface area is 167 Å². The Morgan fingerprint density at radius 2 is 1.72 bits per heavy atom. The Balaban J connectivity index is 1.43. The highest BCUT2D eigenvalue weighted by molar-refractivity contribution is 6.24. The summed E-state index contributed by atoms with van der Waals surface area (Å²) in [4.78, 5) is 53.0. The van der Waals surface area contributed by atoms with Crippen molar-refractivity contribution in [2.24, 2.45) is 0 Å². The lowest BCUT2D eigenvalue weighted by molar-refractivity contribution is -0.136. The molecule has 7 nitrogen and oxygen atoms in total. The summed E-state index contributed by atoms with van der Waals surface area (Å²) < 4.78 is 0. The monoisotopic (exact) mass is 389 g/mol. The van der Waals surface area contributed by atoms with E-state index in [1.165, 1.54) is 5.56 Å². The second-order valence-corrected chi connectivity index (χ2v) is 7.70. The van der Waals surface area contributed by atoms with E-state index in [0.717, 1.165) is 22.6 Å². The maximum absolute atomic E-state index is 13.2. The van der Waals surface area contributed by atoms with Gasteiger partial charge in [-0.2, -0.15) is 0 Å². The van der Waals surface area contributed by atoms with Gasteiger partial charge in [-0.3, -0.25) is 34.3 Å². The average molecular weight is 389 g/mol. The van der Waals surface area contributed by atoms with Crippen molar-refractivity contribution >= 4 is 23.6 Å². The minimum Gasteiger partial charge on any atom is -0.295 e. The summed E-state index contributed by atoms with van der Waals surface area (Å²) in [5.41, 5.74) is 3.84. The molecule has 146 valence electrons. The number of imide groups is 2. The molecule has 2 aromatic rings. The molecule has 1 atom stereocenters. The number of nitrogens with zero attached hydrogens (tertiary/aromatic N) is 2. The summed E-state index contributed by atoms with van der Waals surface area (Å²) >= 11 is 0. The number of amides is 4. The lowest BCUT2D eigenvalue weighted by Gasteiger charge is -2.27. The predicted octanol–water partition coefficient (Wildman–Crippen LogP) is 1.60. The van der Waals surface area contributed by atoms with E-state index in [1.54, 1.807) is 6.07 Å². The SMILES string of the molecule is O=C1CCC(N2C(=O)c3ccc4c(c3C2=O)CN(Cc2ccccc2)C4)C(=O)N1. The normalized spacial score (nSPS) is 21.4. The fourth-order valence-electron chi connectivity index (χ4n) is 4.47. The van der Waals surface area contributed by atoms with E-state index in [0.29, 0.717) is 24.2 Å². The molecule has 5 rings (SSSR count). The van der Waals surface area contributed by atoms with Crippen LogP contribution in [0.2, 0.25) is 0 Å². The molecule has 3 aliphatic rings. The lowest BCUT2D eigenvalue weighted by atomic mass is 9.99. The van der Waals surface area contributed by atoms with E-state index >= 15 is 0 Å². The molecule has 2 aromatic carbocycles. The van der Waals surface area contributed by atoms with Gasteiger partial charge in [-0.05, 0) is 29.2 Å². The molecule has 0 spiro atoms. The van der Waals surface area contributed by atoms with Gasteiger partial charge in [0.15, 0.2) is 0 Å². The molecule has 1 saturated heterocycles. The molecule has 0 aromatic heterocycles. The highest BCUT2D eigenvalue weighted by atomic mass is 16.2. The molecule has 1 unspecified atom stereocenters. The van der Waals surface area contributed by atoms with Crippen LogP contribution in [0.4, 0.5) is 0 Å². The van der Waals surface area contributed by atoms with Crippen molar-refractivity contribution < 1.29 is 19.2 Å². The highest BCUT2D eigenvalue weighted by Crippen LogP contribution is 2.35. The zero-order chi connectivity index (χ0) is 20.1.